The highest BCUT2D eigenvalue weighted by atomic mass is 79.9. The number of nitrogens with zero attached hydrogens (tertiary/aromatic N) is 3. The molecule has 142 valence electrons. The quantitative estimate of drug-likeness (QED) is 0.442. The molecule has 1 aromatic heterocycles. The van der Waals surface area contributed by atoms with E-state index in [0.29, 0.717) is 27.4 Å². The Hall–Kier alpha value is -1.35. The molecular formula is C18H17BrClN3O2S2. The molecule has 1 heterocycles. The fourth-order valence-electron chi connectivity index (χ4n) is 2.52. The minimum atomic E-state index is -3.33. The Labute approximate surface area is 176 Å². The Balaban J connectivity index is 1.72. The molecule has 0 atom stereocenters. The number of halogens is 2. The number of aromatic nitrogens is 3. The molecule has 3 aromatic rings. The highest BCUT2D eigenvalue weighted by Gasteiger charge is 2.17. The van der Waals surface area contributed by atoms with Crippen LogP contribution in [-0.4, -0.2) is 34.7 Å². The zero-order valence-corrected chi connectivity index (χ0v) is 18.4. The molecule has 0 aliphatic rings. The van der Waals surface area contributed by atoms with Gasteiger partial charge in [0.05, 0.1) is 10.6 Å². The Kier molecular flexibility index (Phi) is 6.62. The molecule has 0 bridgehead atoms. The fraction of sp³-hybridized carbons (Fsp3) is 0.222. The Bertz CT molecular complexity index is 1040. The van der Waals surface area contributed by atoms with Crippen molar-refractivity contribution in [2.24, 2.45) is 0 Å². The van der Waals surface area contributed by atoms with Crippen LogP contribution < -0.4 is 0 Å². The summed E-state index contributed by atoms with van der Waals surface area (Å²) in [5.41, 5.74) is 0.881. The van der Waals surface area contributed by atoms with Gasteiger partial charge in [-0.1, -0.05) is 51.4 Å². The maximum absolute atomic E-state index is 12.5. The summed E-state index contributed by atoms with van der Waals surface area (Å²) in [6.07, 6.45) is 0. The minimum Gasteiger partial charge on any atom is -0.302 e. The van der Waals surface area contributed by atoms with Crippen molar-refractivity contribution in [2.75, 3.05) is 11.5 Å². The molecule has 0 unspecified atom stereocenters. The van der Waals surface area contributed by atoms with Crippen LogP contribution in [0.15, 0.2) is 63.1 Å². The van der Waals surface area contributed by atoms with Crippen molar-refractivity contribution >= 4 is 49.1 Å². The number of sulfone groups is 1. The number of hydrogen-bond donors (Lipinski definition) is 0. The van der Waals surface area contributed by atoms with Gasteiger partial charge in [0.15, 0.2) is 20.8 Å². The highest BCUT2D eigenvalue weighted by molar-refractivity contribution is 9.10. The standard InChI is InChI=1S/C18H17BrClN3O2S2/c1-2-23-17(13-4-3-5-15(20)12-13)21-22-18(23)26-10-11-27(24,25)16-8-6-14(19)7-9-16/h3-9,12H,2,10-11H2,1H3. The average molecular weight is 487 g/mol. The molecule has 9 heteroatoms. The number of hydrogen-bond acceptors (Lipinski definition) is 5. The van der Waals surface area contributed by atoms with Crippen LogP contribution in [0.4, 0.5) is 0 Å². The third kappa shape index (κ3) is 4.93. The molecule has 0 amide bonds. The summed E-state index contributed by atoms with van der Waals surface area (Å²) in [6.45, 7) is 2.68. The van der Waals surface area contributed by atoms with Gasteiger partial charge in [-0.15, -0.1) is 10.2 Å². The third-order valence-corrected chi connectivity index (χ3v) is 7.59. The zero-order valence-electron chi connectivity index (χ0n) is 14.5. The molecule has 2 aromatic carbocycles. The second-order valence-electron chi connectivity index (χ2n) is 5.68. The lowest BCUT2D eigenvalue weighted by Gasteiger charge is -2.08. The minimum absolute atomic E-state index is 0.0301. The maximum atomic E-state index is 12.5. The fourth-order valence-corrected chi connectivity index (χ4v) is 5.63. The summed E-state index contributed by atoms with van der Waals surface area (Å²) in [5.74, 6) is 1.15. The molecule has 5 nitrogen and oxygen atoms in total. The van der Waals surface area contributed by atoms with Gasteiger partial charge in [-0.25, -0.2) is 8.42 Å². The van der Waals surface area contributed by atoms with E-state index >= 15 is 0 Å². The first-order chi connectivity index (χ1) is 12.9. The van der Waals surface area contributed by atoms with Crippen LogP contribution >= 0.6 is 39.3 Å². The lowest BCUT2D eigenvalue weighted by Crippen LogP contribution is -2.09. The van der Waals surface area contributed by atoms with Crippen LogP contribution in [-0.2, 0) is 16.4 Å². The largest absolute Gasteiger partial charge is 0.302 e. The summed E-state index contributed by atoms with van der Waals surface area (Å²) >= 11 is 10.8. The van der Waals surface area contributed by atoms with Crippen LogP contribution in [0.5, 0.6) is 0 Å². The molecule has 3 rings (SSSR count). The SMILES string of the molecule is CCn1c(SCCS(=O)(=O)c2ccc(Br)cc2)nnc1-c1cccc(Cl)c1. The van der Waals surface area contributed by atoms with Gasteiger partial charge in [-0.3, -0.25) is 0 Å². The predicted molar refractivity (Wildman–Crippen MR) is 113 cm³/mol. The number of thioether (sulfide) groups is 1. The van der Waals surface area contributed by atoms with E-state index in [1.807, 2.05) is 29.7 Å². The van der Waals surface area contributed by atoms with E-state index in [1.165, 1.54) is 11.8 Å². The molecule has 0 radical (unpaired) electrons. The van der Waals surface area contributed by atoms with E-state index in [9.17, 15) is 8.42 Å². The molecular weight excluding hydrogens is 470 g/mol. The first kappa shape index (κ1) is 20.4. The van der Waals surface area contributed by atoms with E-state index in [4.69, 9.17) is 11.6 Å². The Morgan fingerprint density at radius 3 is 2.56 bits per heavy atom. The molecule has 0 fully saturated rings. The topological polar surface area (TPSA) is 64.8 Å². The van der Waals surface area contributed by atoms with Gasteiger partial charge >= 0.3 is 0 Å². The van der Waals surface area contributed by atoms with Crippen molar-refractivity contribution < 1.29 is 8.42 Å². The van der Waals surface area contributed by atoms with Crippen molar-refractivity contribution in [3.8, 4) is 11.4 Å². The molecule has 27 heavy (non-hydrogen) atoms. The van der Waals surface area contributed by atoms with Crippen molar-refractivity contribution in [2.45, 2.75) is 23.5 Å². The highest BCUT2D eigenvalue weighted by Crippen LogP contribution is 2.26. The lowest BCUT2D eigenvalue weighted by atomic mass is 10.2. The van der Waals surface area contributed by atoms with E-state index in [0.717, 1.165) is 15.9 Å². The van der Waals surface area contributed by atoms with E-state index in [2.05, 4.69) is 26.1 Å². The summed E-state index contributed by atoms with van der Waals surface area (Å²) < 4.78 is 27.7. The van der Waals surface area contributed by atoms with Gasteiger partial charge in [-0.05, 0) is 43.3 Å². The Morgan fingerprint density at radius 2 is 1.89 bits per heavy atom. The molecule has 0 N–H and O–H groups in total. The van der Waals surface area contributed by atoms with Crippen LogP contribution in [0.1, 0.15) is 6.92 Å². The van der Waals surface area contributed by atoms with Crippen LogP contribution in [0.25, 0.3) is 11.4 Å². The summed E-state index contributed by atoms with van der Waals surface area (Å²) in [6, 6.07) is 14.1. The predicted octanol–water partition coefficient (Wildman–Crippen LogP) is 4.95. The van der Waals surface area contributed by atoms with Crippen LogP contribution in [0.2, 0.25) is 5.02 Å². The van der Waals surface area contributed by atoms with Crippen LogP contribution in [0, 0.1) is 0 Å². The summed E-state index contributed by atoms with van der Waals surface area (Å²) in [4.78, 5) is 0.322. The van der Waals surface area contributed by atoms with Gasteiger partial charge in [0.25, 0.3) is 0 Å². The first-order valence-corrected chi connectivity index (χ1v) is 12.0. The van der Waals surface area contributed by atoms with E-state index in [1.54, 1.807) is 30.3 Å². The molecule has 0 spiro atoms. The monoisotopic (exact) mass is 485 g/mol. The second-order valence-corrected chi connectivity index (χ2v) is 10.2. The lowest BCUT2D eigenvalue weighted by molar-refractivity contribution is 0.597. The van der Waals surface area contributed by atoms with Crippen molar-refractivity contribution in [1.29, 1.82) is 0 Å². The third-order valence-electron chi connectivity index (χ3n) is 3.87. The smallest absolute Gasteiger partial charge is 0.191 e. The number of rotatable bonds is 7. The summed E-state index contributed by atoms with van der Waals surface area (Å²) in [5, 5.41) is 9.81. The molecule has 0 aliphatic heterocycles. The first-order valence-electron chi connectivity index (χ1n) is 8.21. The van der Waals surface area contributed by atoms with Gasteiger partial charge < -0.3 is 4.57 Å². The van der Waals surface area contributed by atoms with Gasteiger partial charge in [0.1, 0.15) is 0 Å². The molecule has 0 aliphatic carbocycles. The molecule has 0 saturated heterocycles. The van der Waals surface area contributed by atoms with Crippen molar-refractivity contribution in [3.05, 3.63) is 58.0 Å². The van der Waals surface area contributed by atoms with E-state index < -0.39 is 9.84 Å². The number of benzene rings is 2. The van der Waals surface area contributed by atoms with Crippen LogP contribution in [0.3, 0.4) is 0 Å². The average Bonchev–Trinajstić information content (AvgIpc) is 3.05. The normalized spacial score (nSPS) is 11.7. The Morgan fingerprint density at radius 1 is 1.15 bits per heavy atom. The van der Waals surface area contributed by atoms with Gasteiger partial charge in [-0.2, -0.15) is 0 Å². The maximum Gasteiger partial charge on any atom is 0.191 e. The zero-order chi connectivity index (χ0) is 19.4. The summed E-state index contributed by atoms with van der Waals surface area (Å²) in [7, 11) is -3.33. The molecule has 0 saturated carbocycles. The second kappa shape index (κ2) is 8.77. The van der Waals surface area contributed by atoms with Gasteiger partial charge in [0, 0.05) is 27.4 Å². The van der Waals surface area contributed by atoms with Gasteiger partial charge in [0.2, 0.25) is 0 Å². The van der Waals surface area contributed by atoms with E-state index in [-0.39, 0.29) is 5.75 Å². The van der Waals surface area contributed by atoms with Crippen molar-refractivity contribution in [1.82, 2.24) is 14.8 Å². The van der Waals surface area contributed by atoms with Crippen molar-refractivity contribution in [3.63, 3.8) is 0 Å².